The number of hydrogen-bond donors (Lipinski definition) is 0. The number of hydrogen-bond acceptors (Lipinski definition) is 8. The molecule has 148 valence electrons. The summed E-state index contributed by atoms with van der Waals surface area (Å²) in [4.78, 5) is 23.3. The standard InChI is InChI=1S/C21H16O8/c1-24-14-8-11-4-6-17(22)27-13(11)10-15(14)28-20-16(25-2)9-12-5-7-18(23)29-19(12)21(20)26-3/h4-10H,1-3H3. The van der Waals surface area contributed by atoms with E-state index in [0.717, 1.165) is 0 Å². The van der Waals surface area contributed by atoms with Crippen LogP contribution in [-0.2, 0) is 0 Å². The highest BCUT2D eigenvalue weighted by molar-refractivity contribution is 5.88. The average Bonchev–Trinajstić information content (AvgIpc) is 2.72. The third kappa shape index (κ3) is 3.25. The Morgan fingerprint density at radius 1 is 0.655 bits per heavy atom. The van der Waals surface area contributed by atoms with Gasteiger partial charge in [-0.25, -0.2) is 9.59 Å². The number of fused-ring (bicyclic) bond motifs is 2. The number of benzene rings is 2. The van der Waals surface area contributed by atoms with Crippen LogP contribution in [0.5, 0.6) is 28.7 Å². The van der Waals surface area contributed by atoms with Crippen molar-refractivity contribution in [2.75, 3.05) is 21.3 Å². The minimum Gasteiger partial charge on any atom is -0.493 e. The van der Waals surface area contributed by atoms with Gasteiger partial charge in [-0.3, -0.25) is 0 Å². The molecule has 0 atom stereocenters. The quantitative estimate of drug-likeness (QED) is 0.471. The van der Waals surface area contributed by atoms with Gasteiger partial charge in [0.2, 0.25) is 11.5 Å². The van der Waals surface area contributed by atoms with E-state index >= 15 is 0 Å². The van der Waals surface area contributed by atoms with Crippen LogP contribution in [0.1, 0.15) is 0 Å². The molecule has 0 aliphatic carbocycles. The van der Waals surface area contributed by atoms with Crippen molar-refractivity contribution in [3.05, 3.63) is 63.3 Å². The third-order valence-corrected chi connectivity index (χ3v) is 4.33. The van der Waals surface area contributed by atoms with Crippen LogP contribution in [0.2, 0.25) is 0 Å². The highest BCUT2D eigenvalue weighted by Crippen LogP contribution is 2.47. The molecule has 8 nitrogen and oxygen atoms in total. The minimum atomic E-state index is -0.531. The maximum atomic E-state index is 11.7. The predicted molar refractivity (Wildman–Crippen MR) is 105 cm³/mol. The molecule has 2 aromatic carbocycles. The zero-order valence-corrected chi connectivity index (χ0v) is 15.8. The first-order chi connectivity index (χ1) is 14.0. The van der Waals surface area contributed by atoms with Crippen molar-refractivity contribution in [2.45, 2.75) is 0 Å². The van der Waals surface area contributed by atoms with Crippen LogP contribution in [0.15, 0.2) is 60.9 Å². The molecule has 0 bridgehead atoms. The Kier molecular flexibility index (Phi) is 4.59. The smallest absolute Gasteiger partial charge is 0.336 e. The highest BCUT2D eigenvalue weighted by atomic mass is 16.6. The summed E-state index contributed by atoms with van der Waals surface area (Å²) in [5.74, 6) is 1.34. The van der Waals surface area contributed by atoms with Crippen molar-refractivity contribution in [3.63, 3.8) is 0 Å². The fraction of sp³-hybridized carbons (Fsp3) is 0.143. The van der Waals surface area contributed by atoms with E-state index in [-0.39, 0.29) is 22.8 Å². The summed E-state index contributed by atoms with van der Waals surface area (Å²) < 4.78 is 32.9. The summed E-state index contributed by atoms with van der Waals surface area (Å²) in [6, 6.07) is 10.7. The van der Waals surface area contributed by atoms with E-state index < -0.39 is 11.3 Å². The maximum Gasteiger partial charge on any atom is 0.336 e. The molecular weight excluding hydrogens is 380 g/mol. The molecular formula is C21H16O8. The summed E-state index contributed by atoms with van der Waals surface area (Å²) in [7, 11) is 4.38. The van der Waals surface area contributed by atoms with Gasteiger partial charge in [-0.1, -0.05) is 0 Å². The molecule has 4 aromatic rings. The Bertz CT molecular complexity index is 1330. The first-order valence-corrected chi connectivity index (χ1v) is 8.52. The second-order valence-electron chi connectivity index (χ2n) is 6.01. The normalized spacial score (nSPS) is 10.9. The molecule has 8 heteroatoms. The lowest BCUT2D eigenvalue weighted by atomic mass is 10.2. The Hall–Kier alpha value is -3.94. The number of rotatable bonds is 5. The molecule has 0 unspecified atom stereocenters. The summed E-state index contributed by atoms with van der Waals surface area (Å²) in [5.41, 5.74) is -0.492. The average molecular weight is 396 g/mol. The van der Waals surface area contributed by atoms with Crippen molar-refractivity contribution in [3.8, 4) is 28.7 Å². The molecule has 0 saturated carbocycles. The van der Waals surface area contributed by atoms with Crippen molar-refractivity contribution >= 4 is 21.9 Å². The van der Waals surface area contributed by atoms with Gasteiger partial charge in [-0.15, -0.1) is 0 Å². The first kappa shape index (κ1) is 18.4. The number of ether oxygens (including phenoxy) is 4. The van der Waals surface area contributed by atoms with Gasteiger partial charge in [0, 0.05) is 29.0 Å². The Morgan fingerprint density at radius 3 is 2.00 bits per heavy atom. The summed E-state index contributed by atoms with van der Waals surface area (Å²) in [5, 5.41) is 1.26. The van der Waals surface area contributed by atoms with E-state index in [1.54, 1.807) is 24.3 Å². The molecule has 0 spiro atoms. The summed E-state index contributed by atoms with van der Waals surface area (Å²) in [6.07, 6.45) is 0. The van der Waals surface area contributed by atoms with Crippen molar-refractivity contribution < 1.29 is 27.8 Å². The van der Waals surface area contributed by atoms with Crippen LogP contribution in [0.3, 0.4) is 0 Å². The van der Waals surface area contributed by atoms with E-state index in [9.17, 15) is 9.59 Å². The van der Waals surface area contributed by atoms with Crippen molar-refractivity contribution in [1.82, 2.24) is 0 Å². The molecule has 0 fully saturated rings. The summed E-state index contributed by atoms with van der Waals surface area (Å²) >= 11 is 0. The molecule has 0 N–H and O–H groups in total. The van der Waals surface area contributed by atoms with Gasteiger partial charge < -0.3 is 27.8 Å². The largest absolute Gasteiger partial charge is 0.493 e. The number of methoxy groups -OCH3 is 3. The van der Waals surface area contributed by atoms with E-state index in [0.29, 0.717) is 27.9 Å². The van der Waals surface area contributed by atoms with Gasteiger partial charge in [0.15, 0.2) is 22.8 Å². The molecule has 0 aliphatic rings. The lowest BCUT2D eigenvalue weighted by molar-refractivity contribution is 0.331. The Morgan fingerprint density at radius 2 is 1.31 bits per heavy atom. The molecule has 0 saturated heterocycles. The van der Waals surface area contributed by atoms with Gasteiger partial charge in [-0.05, 0) is 24.3 Å². The minimum absolute atomic E-state index is 0.174. The molecule has 29 heavy (non-hydrogen) atoms. The van der Waals surface area contributed by atoms with Crippen LogP contribution < -0.4 is 30.2 Å². The van der Waals surface area contributed by atoms with Crippen LogP contribution in [-0.4, -0.2) is 21.3 Å². The third-order valence-electron chi connectivity index (χ3n) is 4.33. The monoisotopic (exact) mass is 396 g/mol. The van der Waals surface area contributed by atoms with Crippen LogP contribution in [0.4, 0.5) is 0 Å². The van der Waals surface area contributed by atoms with E-state index in [1.165, 1.54) is 39.5 Å². The van der Waals surface area contributed by atoms with Crippen molar-refractivity contribution in [2.24, 2.45) is 0 Å². The zero-order valence-electron chi connectivity index (χ0n) is 15.8. The van der Waals surface area contributed by atoms with Crippen LogP contribution in [0.25, 0.3) is 21.9 Å². The van der Waals surface area contributed by atoms with Crippen molar-refractivity contribution in [1.29, 1.82) is 0 Å². The van der Waals surface area contributed by atoms with E-state index in [1.807, 2.05) is 0 Å². The van der Waals surface area contributed by atoms with Gasteiger partial charge in [0.25, 0.3) is 0 Å². The summed E-state index contributed by atoms with van der Waals surface area (Å²) in [6.45, 7) is 0. The topological polar surface area (TPSA) is 97.3 Å². The molecule has 2 aromatic heterocycles. The zero-order chi connectivity index (χ0) is 20.5. The first-order valence-electron chi connectivity index (χ1n) is 8.52. The maximum absolute atomic E-state index is 11.7. The predicted octanol–water partition coefficient (Wildman–Crippen LogP) is 3.72. The van der Waals surface area contributed by atoms with E-state index in [4.69, 9.17) is 27.8 Å². The lowest BCUT2D eigenvalue weighted by Crippen LogP contribution is -2.01. The SMILES string of the molecule is COc1cc2ccc(=O)oc2cc1Oc1c(OC)cc2ccc(=O)oc2c1OC. The lowest BCUT2D eigenvalue weighted by Gasteiger charge is -2.17. The Balaban J connectivity index is 1.95. The van der Waals surface area contributed by atoms with Crippen LogP contribution >= 0.6 is 0 Å². The second kappa shape index (κ2) is 7.23. The van der Waals surface area contributed by atoms with Gasteiger partial charge in [0.05, 0.1) is 21.3 Å². The van der Waals surface area contributed by atoms with Gasteiger partial charge in [-0.2, -0.15) is 0 Å². The fourth-order valence-corrected chi connectivity index (χ4v) is 3.00. The fourth-order valence-electron chi connectivity index (χ4n) is 3.00. The van der Waals surface area contributed by atoms with Gasteiger partial charge in [0.1, 0.15) is 5.58 Å². The van der Waals surface area contributed by atoms with Crippen LogP contribution in [0, 0.1) is 0 Å². The molecule has 2 heterocycles. The highest BCUT2D eigenvalue weighted by Gasteiger charge is 2.21. The molecule has 0 amide bonds. The molecule has 0 radical (unpaired) electrons. The Labute approximate surface area is 163 Å². The molecule has 0 aliphatic heterocycles. The van der Waals surface area contributed by atoms with E-state index in [2.05, 4.69) is 0 Å². The second-order valence-corrected chi connectivity index (χ2v) is 6.01. The molecule has 4 rings (SSSR count). The van der Waals surface area contributed by atoms with Gasteiger partial charge >= 0.3 is 11.3 Å².